The molecule has 3 N–H and O–H groups in total. The van der Waals surface area contributed by atoms with E-state index < -0.39 is 13.9 Å². The molecule has 0 aliphatic rings. The minimum Gasteiger partial charge on any atom is -0.457 e. The van der Waals surface area contributed by atoms with Gasteiger partial charge in [-0.15, -0.1) is 0 Å². The summed E-state index contributed by atoms with van der Waals surface area (Å²) in [6, 6.07) is 0. The Bertz CT molecular complexity index is 1330. The van der Waals surface area contributed by atoms with Crippen LogP contribution in [0, 0.1) is 0 Å². The maximum Gasteiger partial charge on any atom is 0.472 e. The molecule has 0 fully saturated rings. The van der Waals surface area contributed by atoms with Crippen LogP contribution in [0.25, 0.3) is 0 Å². The second kappa shape index (κ2) is 53.4. The Morgan fingerprint density at radius 3 is 1.27 bits per heavy atom. The van der Waals surface area contributed by atoms with Crippen molar-refractivity contribution in [2.24, 2.45) is 5.73 Å². The smallest absolute Gasteiger partial charge is 0.457 e. The van der Waals surface area contributed by atoms with Gasteiger partial charge in [0.05, 0.1) is 19.8 Å². The average Bonchev–Trinajstić information content (AvgIpc) is 3.31. The second-order valence-corrected chi connectivity index (χ2v) is 18.8. The number of ether oxygens (including phenoxy) is 2. The highest BCUT2D eigenvalue weighted by Gasteiger charge is 2.25. The predicted octanol–water partition coefficient (Wildman–Crippen LogP) is 17.0. The fourth-order valence-corrected chi connectivity index (χ4v) is 7.85. The van der Waals surface area contributed by atoms with Crippen molar-refractivity contribution in [1.29, 1.82) is 0 Å². The van der Waals surface area contributed by atoms with E-state index in [4.69, 9.17) is 24.3 Å². The standard InChI is InChI=1S/C57H100NO7P/c1-3-5-7-9-11-13-15-17-19-21-23-25-27-29-31-33-35-37-39-41-43-45-47-49-52-62-54-56(55-64-66(60,61)63-53-51-58)65-57(59)50-48-46-44-42-40-38-36-34-32-30-28-26-24-22-20-18-16-14-12-10-8-6-4-2/h5,7,11,13,16-19,22-25,29,31,35,37,56H,3-4,6,8-10,12,14-15,20-21,26-28,30,32-34,36,38-55,58H2,1-2H3,(H,60,61)/b7-5-,13-11-,18-16-,19-17-,24-22-,25-23-,31-29-,37-35-. The monoisotopic (exact) mass is 942 g/mol. The van der Waals surface area contributed by atoms with Gasteiger partial charge in [0, 0.05) is 19.6 Å². The number of nitrogens with two attached hydrogens (primary N) is 1. The van der Waals surface area contributed by atoms with Crippen LogP contribution < -0.4 is 5.73 Å². The van der Waals surface area contributed by atoms with E-state index in [1.54, 1.807) is 0 Å². The van der Waals surface area contributed by atoms with Crippen LogP contribution in [-0.2, 0) is 27.9 Å². The van der Waals surface area contributed by atoms with Gasteiger partial charge in [0.25, 0.3) is 0 Å². The number of carbonyl (C=O) groups excluding carboxylic acids is 1. The summed E-state index contributed by atoms with van der Waals surface area (Å²) >= 11 is 0. The maximum atomic E-state index is 12.7. The SMILES string of the molecule is CC/C=C\C/C=C\C/C=C\C/C=C\C/C=C\C/C=C\CCCCCCCOCC(COP(=O)(O)OCCN)OC(=O)CCCCCCCCCCCCC/C=C\C/C=C\CCCCCCC. The number of carbonyl (C=O) groups is 1. The summed E-state index contributed by atoms with van der Waals surface area (Å²) in [5.74, 6) is -0.342. The Labute approximate surface area is 406 Å². The molecule has 0 rings (SSSR count). The summed E-state index contributed by atoms with van der Waals surface area (Å²) in [4.78, 5) is 22.6. The summed E-state index contributed by atoms with van der Waals surface area (Å²) in [7, 11) is -4.30. The molecule has 0 heterocycles. The molecule has 0 spiro atoms. The largest absolute Gasteiger partial charge is 0.472 e. The van der Waals surface area contributed by atoms with Gasteiger partial charge < -0.3 is 20.1 Å². The Hall–Kier alpha value is -2.58. The van der Waals surface area contributed by atoms with Crippen LogP contribution in [0.1, 0.15) is 219 Å². The lowest BCUT2D eigenvalue weighted by molar-refractivity contribution is -0.154. The number of phosphoric acid groups is 1. The van der Waals surface area contributed by atoms with E-state index in [1.807, 2.05) is 0 Å². The van der Waals surface area contributed by atoms with Crippen LogP contribution in [0.15, 0.2) is 97.2 Å². The molecule has 0 bridgehead atoms. The Balaban J connectivity index is 4.01. The lowest BCUT2D eigenvalue weighted by Gasteiger charge is -2.20. The van der Waals surface area contributed by atoms with Gasteiger partial charge in [-0.3, -0.25) is 13.8 Å². The number of phosphoric ester groups is 1. The van der Waals surface area contributed by atoms with E-state index in [9.17, 15) is 14.3 Å². The predicted molar refractivity (Wildman–Crippen MR) is 284 cm³/mol. The highest BCUT2D eigenvalue weighted by molar-refractivity contribution is 7.47. The van der Waals surface area contributed by atoms with Crippen LogP contribution in [0.2, 0.25) is 0 Å². The zero-order valence-electron chi connectivity index (χ0n) is 42.4. The van der Waals surface area contributed by atoms with Crippen LogP contribution in [0.5, 0.6) is 0 Å². The molecule has 2 atom stereocenters. The molecule has 8 nitrogen and oxygen atoms in total. The van der Waals surface area contributed by atoms with Gasteiger partial charge in [0.15, 0.2) is 0 Å². The fourth-order valence-electron chi connectivity index (χ4n) is 7.09. The van der Waals surface area contributed by atoms with Crippen molar-refractivity contribution in [1.82, 2.24) is 0 Å². The average molecular weight is 942 g/mol. The highest BCUT2D eigenvalue weighted by Crippen LogP contribution is 2.43. The molecule has 0 saturated heterocycles. The normalized spacial score (nSPS) is 14.1. The number of hydrogen-bond donors (Lipinski definition) is 2. The first-order chi connectivity index (χ1) is 32.4. The molecule has 0 radical (unpaired) electrons. The quantitative estimate of drug-likeness (QED) is 0.0268. The van der Waals surface area contributed by atoms with Crippen LogP contribution in [-0.4, -0.2) is 49.9 Å². The Morgan fingerprint density at radius 1 is 0.470 bits per heavy atom. The molecule has 380 valence electrons. The molecule has 66 heavy (non-hydrogen) atoms. The second-order valence-electron chi connectivity index (χ2n) is 17.4. The first-order valence-corrected chi connectivity index (χ1v) is 28.2. The van der Waals surface area contributed by atoms with E-state index in [1.165, 1.54) is 109 Å². The molecule has 2 unspecified atom stereocenters. The number of unbranched alkanes of at least 4 members (excludes halogenated alkanes) is 21. The first-order valence-electron chi connectivity index (χ1n) is 26.7. The van der Waals surface area contributed by atoms with Crippen molar-refractivity contribution in [3.63, 3.8) is 0 Å². The summed E-state index contributed by atoms with van der Waals surface area (Å²) in [5, 5.41) is 0. The van der Waals surface area contributed by atoms with Crippen molar-refractivity contribution in [3.05, 3.63) is 97.2 Å². The van der Waals surface area contributed by atoms with Gasteiger partial charge in [-0.05, 0) is 96.3 Å². The fraction of sp³-hybridized carbons (Fsp3) is 0.702. The van der Waals surface area contributed by atoms with Crippen LogP contribution in [0.4, 0.5) is 0 Å². The molecule has 0 amide bonds. The summed E-state index contributed by atoms with van der Waals surface area (Å²) < 4.78 is 33.6. The van der Waals surface area contributed by atoms with Crippen molar-refractivity contribution in [3.8, 4) is 0 Å². The third kappa shape index (κ3) is 52.4. The van der Waals surface area contributed by atoms with Crippen molar-refractivity contribution in [2.45, 2.75) is 225 Å². The van der Waals surface area contributed by atoms with E-state index in [0.717, 1.165) is 89.9 Å². The van der Waals surface area contributed by atoms with E-state index >= 15 is 0 Å². The Kier molecular flexibility index (Phi) is 51.3. The molecule has 0 aromatic carbocycles. The van der Waals surface area contributed by atoms with Gasteiger partial charge in [-0.1, -0.05) is 214 Å². The number of hydrogen-bond acceptors (Lipinski definition) is 7. The van der Waals surface area contributed by atoms with Gasteiger partial charge in [-0.25, -0.2) is 4.57 Å². The van der Waals surface area contributed by atoms with Gasteiger partial charge in [0.2, 0.25) is 0 Å². The minimum atomic E-state index is -4.30. The lowest BCUT2D eigenvalue weighted by atomic mass is 10.0. The summed E-state index contributed by atoms with van der Waals surface area (Å²) in [6.45, 7) is 4.75. The summed E-state index contributed by atoms with van der Waals surface area (Å²) in [6.07, 6.45) is 71.6. The summed E-state index contributed by atoms with van der Waals surface area (Å²) in [5.41, 5.74) is 5.39. The molecule has 9 heteroatoms. The van der Waals surface area contributed by atoms with Crippen molar-refractivity contribution < 1.29 is 32.8 Å². The molecule has 0 saturated carbocycles. The minimum absolute atomic E-state index is 0.0915. The first kappa shape index (κ1) is 63.4. The third-order valence-electron chi connectivity index (χ3n) is 11.0. The van der Waals surface area contributed by atoms with Gasteiger partial charge >= 0.3 is 13.8 Å². The Morgan fingerprint density at radius 2 is 0.848 bits per heavy atom. The van der Waals surface area contributed by atoms with Crippen molar-refractivity contribution >= 4 is 13.8 Å². The van der Waals surface area contributed by atoms with Crippen LogP contribution >= 0.6 is 7.82 Å². The third-order valence-corrected chi connectivity index (χ3v) is 12.0. The molecule has 0 aromatic heterocycles. The van der Waals surface area contributed by atoms with Gasteiger partial charge in [-0.2, -0.15) is 0 Å². The molecular weight excluding hydrogens is 842 g/mol. The molecule has 0 aromatic rings. The maximum absolute atomic E-state index is 12.7. The number of esters is 1. The van der Waals surface area contributed by atoms with E-state index in [0.29, 0.717) is 13.0 Å². The molecule has 0 aliphatic carbocycles. The lowest BCUT2D eigenvalue weighted by Crippen LogP contribution is -2.28. The topological polar surface area (TPSA) is 117 Å². The van der Waals surface area contributed by atoms with E-state index in [-0.39, 0.29) is 32.3 Å². The van der Waals surface area contributed by atoms with E-state index in [2.05, 4.69) is 111 Å². The number of rotatable bonds is 50. The van der Waals surface area contributed by atoms with Crippen molar-refractivity contribution in [2.75, 3.05) is 33.0 Å². The zero-order valence-corrected chi connectivity index (χ0v) is 43.3. The van der Waals surface area contributed by atoms with Gasteiger partial charge in [0.1, 0.15) is 6.10 Å². The molecule has 0 aliphatic heterocycles. The zero-order chi connectivity index (χ0) is 48.0. The highest BCUT2D eigenvalue weighted by atomic mass is 31.2. The molecular formula is C57H100NO7P. The van der Waals surface area contributed by atoms with Crippen LogP contribution in [0.3, 0.4) is 0 Å². The number of allylic oxidation sites excluding steroid dienone is 16.